The first-order valence-corrected chi connectivity index (χ1v) is 11.7. The summed E-state index contributed by atoms with van der Waals surface area (Å²) >= 11 is 0. The fraction of sp³-hybridized carbons (Fsp3) is 0.261. The number of carbonyl (C=O) groups is 2. The third kappa shape index (κ3) is 5.61. The number of anilines is 1. The average Bonchev–Trinajstić information content (AvgIpc) is 3.19. The lowest BCUT2D eigenvalue weighted by Crippen LogP contribution is -2.18. The minimum Gasteiger partial charge on any atom is -0.462 e. The normalized spacial score (nSPS) is 11.2. The predicted molar refractivity (Wildman–Crippen MR) is 119 cm³/mol. The Morgan fingerprint density at radius 2 is 1.88 bits per heavy atom. The molecule has 1 N–H and O–H groups in total. The number of nitrogens with zero attached hydrogens (tertiary/aromatic N) is 1. The summed E-state index contributed by atoms with van der Waals surface area (Å²) in [5.74, 6) is -0.869. The van der Waals surface area contributed by atoms with Crippen molar-refractivity contribution >= 4 is 27.4 Å². The molecule has 1 heterocycles. The van der Waals surface area contributed by atoms with Crippen molar-refractivity contribution in [3.05, 3.63) is 65.4 Å². The highest BCUT2D eigenvalue weighted by Crippen LogP contribution is 2.26. The number of aromatic nitrogens is 1. The Morgan fingerprint density at radius 3 is 2.56 bits per heavy atom. The molecule has 8 nitrogen and oxygen atoms in total. The van der Waals surface area contributed by atoms with Gasteiger partial charge in [0.1, 0.15) is 0 Å². The zero-order valence-electron chi connectivity index (χ0n) is 18.0. The molecule has 0 atom stereocenters. The van der Waals surface area contributed by atoms with E-state index in [0.29, 0.717) is 33.8 Å². The van der Waals surface area contributed by atoms with Gasteiger partial charge in [-0.2, -0.15) is 0 Å². The van der Waals surface area contributed by atoms with E-state index in [0.717, 1.165) is 0 Å². The van der Waals surface area contributed by atoms with E-state index in [9.17, 15) is 18.0 Å². The molecule has 3 rings (SSSR count). The number of sulfone groups is 1. The predicted octanol–water partition coefficient (Wildman–Crippen LogP) is 3.94. The van der Waals surface area contributed by atoms with Crippen LogP contribution in [0.4, 0.5) is 5.69 Å². The van der Waals surface area contributed by atoms with Gasteiger partial charge in [0, 0.05) is 23.7 Å². The van der Waals surface area contributed by atoms with E-state index < -0.39 is 21.7 Å². The summed E-state index contributed by atoms with van der Waals surface area (Å²) in [5.41, 5.74) is 2.54. The molecule has 3 aromatic rings. The first kappa shape index (κ1) is 23.2. The third-order valence-electron chi connectivity index (χ3n) is 4.69. The van der Waals surface area contributed by atoms with E-state index >= 15 is 0 Å². The highest BCUT2D eigenvalue weighted by molar-refractivity contribution is 7.91. The minimum atomic E-state index is -3.73. The van der Waals surface area contributed by atoms with Crippen molar-refractivity contribution in [3.63, 3.8) is 0 Å². The van der Waals surface area contributed by atoms with Crippen LogP contribution in [0.1, 0.15) is 35.0 Å². The van der Waals surface area contributed by atoms with Crippen molar-refractivity contribution in [2.45, 2.75) is 32.1 Å². The molecule has 0 aliphatic heterocycles. The zero-order chi connectivity index (χ0) is 23.3. The molecule has 0 bridgehead atoms. The molecule has 0 radical (unpaired) electrons. The number of carbonyl (C=O) groups excluding carboxylic acids is 2. The Balaban J connectivity index is 1.69. The number of ether oxygens (including phenoxy) is 1. The number of esters is 1. The maximum atomic E-state index is 12.9. The molecule has 0 fully saturated rings. The van der Waals surface area contributed by atoms with Crippen molar-refractivity contribution in [1.29, 1.82) is 0 Å². The van der Waals surface area contributed by atoms with E-state index in [2.05, 4.69) is 10.5 Å². The van der Waals surface area contributed by atoms with Gasteiger partial charge in [0.2, 0.25) is 5.91 Å². The first-order chi connectivity index (χ1) is 15.2. The van der Waals surface area contributed by atoms with Crippen LogP contribution in [-0.4, -0.2) is 37.8 Å². The van der Waals surface area contributed by atoms with Crippen LogP contribution in [0.25, 0.3) is 11.3 Å². The molecule has 32 heavy (non-hydrogen) atoms. The van der Waals surface area contributed by atoms with Crippen LogP contribution in [0.5, 0.6) is 0 Å². The van der Waals surface area contributed by atoms with Crippen LogP contribution < -0.4 is 5.32 Å². The minimum absolute atomic E-state index is 0.140. The molecule has 0 aliphatic carbocycles. The molecule has 2 aromatic carbocycles. The number of nitrogens with one attached hydrogen (secondary N) is 1. The fourth-order valence-corrected chi connectivity index (χ4v) is 4.63. The molecule has 0 unspecified atom stereocenters. The average molecular weight is 457 g/mol. The molecular weight excluding hydrogens is 432 g/mol. The lowest BCUT2D eigenvalue weighted by Gasteiger charge is -2.10. The summed E-state index contributed by atoms with van der Waals surface area (Å²) in [6, 6.07) is 13.0. The number of hydrogen-bond acceptors (Lipinski definition) is 7. The molecule has 0 aliphatic rings. The zero-order valence-corrected chi connectivity index (χ0v) is 18.9. The number of amides is 1. The molecular formula is C23H24N2O6S. The van der Waals surface area contributed by atoms with Gasteiger partial charge in [-0.05, 0) is 50.6 Å². The van der Waals surface area contributed by atoms with Gasteiger partial charge in [0.05, 0.1) is 28.5 Å². The largest absolute Gasteiger partial charge is 0.462 e. The van der Waals surface area contributed by atoms with Crippen molar-refractivity contribution in [1.82, 2.24) is 5.16 Å². The van der Waals surface area contributed by atoms with Crippen LogP contribution in [-0.2, 0) is 19.4 Å². The van der Waals surface area contributed by atoms with Crippen molar-refractivity contribution in [2.75, 3.05) is 17.7 Å². The van der Waals surface area contributed by atoms with Crippen LogP contribution in [0.2, 0.25) is 0 Å². The van der Waals surface area contributed by atoms with E-state index in [1.807, 2.05) is 0 Å². The Hall–Kier alpha value is -3.46. The molecule has 9 heteroatoms. The highest BCUT2D eigenvalue weighted by Gasteiger charge is 2.21. The lowest BCUT2D eigenvalue weighted by atomic mass is 10.1. The lowest BCUT2D eigenvalue weighted by molar-refractivity contribution is -0.115. The smallest absolute Gasteiger partial charge is 0.338 e. The van der Waals surface area contributed by atoms with Crippen LogP contribution in [0.15, 0.2) is 57.9 Å². The number of aryl methyl sites for hydroxylation is 2. The highest BCUT2D eigenvalue weighted by atomic mass is 32.2. The van der Waals surface area contributed by atoms with Gasteiger partial charge in [-0.1, -0.05) is 23.4 Å². The van der Waals surface area contributed by atoms with Gasteiger partial charge in [-0.15, -0.1) is 0 Å². The second-order valence-corrected chi connectivity index (χ2v) is 9.31. The summed E-state index contributed by atoms with van der Waals surface area (Å²) in [6.07, 6.45) is -0.239. The fourth-order valence-electron chi connectivity index (χ4n) is 3.09. The van der Waals surface area contributed by atoms with Gasteiger partial charge < -0.3 is 14.6 Å². The summed E-state index contributed by atoms with van der Waals surface area (Å²) in [7, 11) is -3.73. The number of hydrogen-bond donors (Lipinski definition) is 1. The van der Waals surface area contributed by atoms with Crippen LogP contribution >= 0.6 is 0 Å². The van der Waals surface area contributed by atoms with E-state index in [1.165, 1.54) is 12.1 Å². The van der Waals surface area contributed by atoms with Gasteiger partial charge in [0.15, 0.2) is 15.6 Å². The van der Waals surface area contributed by atoms with Gasteiger partial charge in [-0.3, -0.25) is 4.79 Å². The molecule has 168 valence electrons. The standard InChI is InChI=1S/C23H24N2O6S/c1-4-30-23(27)18-6-5-7-19(13-18)24-22(26)10-11-32(28,29)21-14-17(9-8-15(21)2)20-12-16(3)25-31-20/h5-9,12-14H,4,10-11H2,1-3H3,(H,24,26). The molecule has 0 saturated heterocycles. The second kappa shape index (κ2) is 9.78. The summed E-state index contributed by atoms with van der Waals surface area (Å²) in [4.78, 5) is 24.3. The monoisotopic (exact) mass is 456 g/mol. The van der Waals surface area contributed by atoms with Crippen molar-refractivity contribution < 1.29 is 27.3 Å². The molecule has 0 spiro atoms. The Kier molecular flexibility index (Phi) is 7.09. The first-order valence-electron chi connectivity index (χ1n) is 10.0. The summed E-state index contributed by atoms with van der Waals surface area (Å²) in [6.45, 7) is 5.42. The third-order valence-corrected chi connectivity index (χ3v) is 6.54. The van der Waals surface area contributed by atoms with Gasteiger partial charge in [0.25, 0.3) is 0 Å². The summed E-state index contributed by atoms with van der Waals surface area (Å²) in [5, 5.41) is 6.45. The maximum Gasteiger partial charge on any atom is 0.338 e. The van der Waals surface area contributed by atoms with Crippen LogP contribution in [0, 0.1) is 13.8 Å². The molecule has 1 aromatic heterocycles. The van der Waals surface area contributed by atoms with Crippen molar-refractivity contribution in [2.24, 2.45) is 0 Å². The Morgan fingerprint density at radius 1 is 1.09 bits per heavy atom. The van der Waals surface area contributed by atoms with E-state index in [1.54, 1.807) is 57.2 Å². The second-order valence-electron chi connectivity index (χ2n) is 7.23. The molecule has 1 amide bonds. The number of rotatable bonds is 8. The quantitative estimate of drug-likeness (QED) is 0.511. The van der Waals surface area contributed by atoms with E-state index in [4.69, 9.17) is 9.26 Å². The van der Waals surface area contributed by atoms with Crippen molar-refractivity contribution in [3.8, 4) is 11.3 Å². The Labute approximate surface area is 186 Å². The van der Waals surface area contributed by atoms with Crippen LogP contribution in [0.3, 0.4) is 0 Å². The number of benzene rings is 2. The SMILES string of the molecule is CCOC(=O)c1cccc(NC(=O)CCS(=O)(=O)c2cc(-c3cc(C)no3)ccc2C)c1. The Bertz CT molecular complexity index is 1250. The van der Waals surface area contributed by atoms with Gasteiger partial charge in [-0.25, -0.2) is 13.2 Å². The molecule has 0 saturated carbocycles. The van der Waals surface area contributed by atoms with Gasteiger partial charge >= 0.3 is 5.97 Å². The topological polar surface area (TPSA) is 116 Å². The van der Waals surface area contributed by atoms with E-state index in [-0.39, 0.29) is 23.7 Å². The maximum absolute atomic E-state index is 12.9. The summed E-state index contributed by atoms with van der Waals surface area (Å²) < 4.78 is 36.0.